The van der Waals surface area contributed by atoms with E-state index in [0.29, 0.717) is 11.3 Å². The van der Waals surface area contributed by atoms with E-state index < -0.39 is 0 Å². The maximum Gasteiger partial charge on any atom is 0.223 e. The molecule has 3 nitrogen and oxygen atoms in total. The summed E-state index contributed by atoms with van der Waals surface area (Å²) in [6.45, 7) is 0.850. The highest BCUT2D eigenvalue weighted by molar-refractivity contribution is 7.09. The molecule has 1 atom stereocenters. The van der Waals surface area contributed by atoms with Gasteiger partial charge in [0.15, 0.2) is 0 Å². The summed E-state index contributed by atoms with van der Waals surface area (Å²) >= 11 is 1.32. The fraction of sp³-hybridized carbons (Fsp3) is 0.571. The molecule has 2 aliphatic rings. The molecule has 0 bridgehead atoms. The molecule has 0 radical (unpaired) electrons. The second-order valence-electron chi connectivity index (χ2n) is 7.91. The van der Waals surface area contributed by atoms with Gasteiger partial charge in [-0.3, -0.25) is 0 Å². The molecular formula is C21H27NO2S. The molecule has 2 saturated carbocycles. The highest BCUT2D eigenvalue weighted by atomic mass is 32.1. The highest BCUT2D eigenvalue weighted by Crippen LogP contribution is 2.49. The van der Waals surface area contributed by atoms with Crippen LogP contribution in [0.2, 0.25) is 0 Å². The summed E-state index contributed by atoms with van der Waals surface area (Å²) in [5.41, 5.74) is 1.71. The van der Waals surface area contributed by atoms with Gasteiger partial charge in [0.05, 0.1) is 11.5 Å². The Morgan fingerprint density at radius 1 is 1.08 bits per heavy atom. The fourth-order valence-electron chi connectivity index (χ4n) is 4.81. The molecule has 1 aromatic heterocycles. The second kappa shape index (κ2) is 7.36. The van der Waals surface area contributed by atoms with Crippen molar-refractivity contribution in [3.8, 4) is 22.1 Å². The largest absolute Gasteiger partial charge is 0.493 e. The van der Waals surface area contributed by atoms with Crippen molar-refractivity contribution in [1.29, 1.82) is 0 Å². The number of ether oxygens (including phenoxy) is 1. The predicted molar refractivity (Wildman–Crippen MR) is 102 cm³/mol. The van der Waals surface area contributed by atoms with Crippen LogP contribution in [0.1, 0.15) is 57.8 Å². The number of aromatic hydroxyl groups is 1. The predicted octanol–water partition coefficient (Wildman–Crippen LogP) is 6.04. The summed E-state index contributed by atoms with van der Waals surface area (Å²) in [7, 11) is 0. The SMILES string of the molecule is Oc1cc(-c2ccc(OCC3CCCC4(CCCCC4)C3)cc2)sn1. The normalized spacial score (nSPS) is 22.8. The van der Waals surface area contributed by atoms with Crippen molar-refractivity contribution in [3.63, 3.8) is 0 Å². The average Bonchev–Trinajstić information content (AvgIpc) is 3.08. The van der Waals surface area contributed by atoms with Crippen LogP contribution in [0.5, 0.6) is 11.6 Å². The molecular weight excluding hydrogens is 330 g/mol. The third-order valence-electron chi connectivity index (χ3n) is 6.08. The van der Waals surface area contributed by atoms with E-state index in [1.807, 2.05) is 24.3 Å². The van der Waals surface area contributed by atoms with Gasteiger partial charge in [0.2, 0.25) is 5.88 Å². The molecule has 1 heterocycles. The van der Waals surface area contributed by atoms with Crippen LogP contribution in [0.25, 0.3) is 10.4 Å². The molecule has 1 spiro atoms. The number of hydrogen-bond donors (Lipinski definition) is 1. The lowest BCUT2D eigenvalue weighted by molar-refractivity contribution is 0.0658. The minimum absolute atomic E-state index is 0.0919. The van der Waals surface area contributed by atoms with Crippen LogP contribution in [-0.4, -0.2) is 16.1 Å². The maximum absolute atomic E-state index is 9.38. The topological polar surface area (TPSA) is 42.4 Å². The van der Waals surface area contributed by atoms with Gasteiger partial charge < -0.3 is 9.84 Å². The number of rotatable bonds is 4. The second-order valence-corrected chi connectivity index (χ2v) is 8.71. The van der Waals surface area contributed by atoms with Crippen molar-refractivity contribution in [2.75, 3.05) is 6.61 Å². The first-order chi connectivity index (χ1) is 12.2. The number of aromatic nitrogens is 1. The van der Waals surface area contributed by atoms with Crippen molar-refractivity contribution in [1.82, 2.24) is 4.37 Å². The molecule has 2 aromatic rings. The highest BCUT2D eigenvalue weighted by Gasteiger charge is 2.37. The number of hydrogen-bond acceptors (Lipinski definition) is 4. The summed E-state index contributed by atoms with van der Waals surface area (Å²) in [6, 6.07) is 9.86. The third-order valence-corrected chi connectivity index (χ3v) is 6.91. The lowest BCUT2D eigenvalue weighted by Gasteiger charge is -2.43. The lowest BCUT2D eigenvalue weighted by Crippen LogP contribution is -2.33. The smallest absolute Gasteiger partial charge is 0.223 e. The Morgan fingerprint density at radius 2 is 1.84 bits per heavy atom. The molecule has 25 heavy (non-hydrogen) atoms. The van der Waals surface area contributed by atoms with E-state index in [9.17, 15) is 5.11 Å². The monoisotopic (exact) mass is 357 g/mol. The molecule has 0 aliphatic heterocycles. The zero-order chi connectivity index (χ0) is 17.1. The Morgan fingerprint density at radius 3 is 2.56 bits per heavy atom. The van der Waals surface area contributed by atoms with Gasteiger partial charge >= 0.3 is 0 Å². The van der Waals surface area contributed by atoms with Crippen LogP contribution in [0.3, 0.4) is 0 Å². The van der Waals surface area contributed by atoms with E-state index >= 15 is 0 Å². The standard InChI is InChI=1S/C21H27NO2S/c23-20-13-19(25-22-20)17-6-8-18(9-7-17)24-15-16-5-4-12-21(14-16)10-2-1-3-11-21/h6-9,13,16H,1-5,10-12,14-15H2,(H,22,23). The van der Waals surface area contributed by atoms with E-state index in [2.05, 4.69) is 4.37 Å². The van der Waals surface area contributed by atoms with Gasteiger partial charge in [-0.25, -0.2) is 0 Å². The van der Waals surface area contributed by atoms with Gasteiger partial charge in [0.25, 0.3) is 0 Å². The Bertz CT molecular complexity index is 683. The number of benzene rings is 1. The third kappa shape index (κ3) is 4.00. The van der Waals surface area contributed by atoms with Crippen LogP contribution < -0.4 is 4.74 Å². The van der Waals surface area contributed by atoms with Gasteiger partial charge in [-0.15, -0.1) is 0 Å². The van der Waals surface area contributed by atoms with Gasteiger partial charge in [0, 0.05) is 6.07 Å². The fourth-order valence-corrected chi connectivity index (χ4v) is 5.46. The summed E-state index contributed by atoms with van der Waals surface area (Å²) in [6.07, 6.45) is 12.7. The lowest BCUT2D eigenvalue weighted by atomic mass is 9.63. The minimum Gasteiger partial charge on any atom is -0.493 e. The quantitative estimate of drug-likeness (QED) is 0.726. The zero-order valence-corrected chi connectivity index (χ0v) is 15.6. The van der Waals surface area contributed by atoms with E-state index in [1.54, 1.807) is 6.07 Å². The van der Waals surface area contributed by atoms with E-state index in [4.69, 9.17) is 4.74 Å². The number of nitrogens with zero attached hydrogens (tertiary/aromatic N) is 1. The first-order valence-electron chi connectivity index (χ1n) is 9.61. The van der Waals surface area contributed by atoms with Crippen molar-refractivity contribution < 1.29 is 9.84 Å². The Kier molecular flexibility index (Phi) is 4.98. The van der Waals surface area contributed by atoms with Crippen LogP contribution in [0.4, 0.5) is 0 Å². The summed E-state index contributed by atoms with van der Waals surface area (Å²) in [4.78, 5) is 0.982. The van der Waals surface area contributed by atoms with Crippen LogP contribution in [0.15, 0.2) is 30.3 Å². The van der Waals surface area contributed by atoms with Crippen molar-refractivity contribution >= 4 is 11.5 Å². The molecule has 1 unspecified atom stereocenters. The van der Waals surface area contributed by atoms with Gasteiger partial charge in [-0.2, -0.15) is 4.37 Å². The van der Waals surface area contributed by atoms with Crippen molar-refractivity contribution in [2.24, 2.45) is 11.3 Å². The molecule has 1 N–H and O–H groups in total. The molecule has 134 valence electrons. The molecule has 4 heteroatoms. The van der Waals surface area contributed by atoms with Crippen molar-refractivity contribution in [3.05, 3.63) is 30.3 Å². The Balaban J connectivity index is 1.33. The van der Waals surface area contributed by atoms with Crippen molar-refractivity contribution in [2.45, 2.75) is 57.8 Å². The Hall–Kier alpha value is -1.55. The zero-order valence-electron chi connectivity index (χ0n) is 14.7. The van der Waals surface area contributed by atoms with Gasteiger partial charge in [-0.05, 0) is 84.8 Å². The van der Waals surface area contributed by atoms with Crippen LogP contribution >= 0.6 is 11.5 Å². The van der Waals surface area contributed by atoms with Crippen LogP contribution in [0, 0.1) is 11.3 Å². The van der Waals surface area contributed by atoms with E-state index in [-0.39, 0.29) is 5.88 Å². The first-order valence-corrected chi connectivity index (χ1v) is 10.4. The molecule has 4 rings (SSSR count). The molecule has 0 amide bonds. The molecule has 2 fully saturated rings. The minimum atomic E-state index is 0.0919. The van der Waals surface area contributed by atoms with E-state index in [1.165, 1.54) is 69.3 Å². The molecule has 2 aliphatic carbocycles. The molecule has 0 saturated heterocycles. The summed E-state index contributed by atoms with van der Waals surface area (Å²) < 4.78 is 10.0. The van der Waals surface area contributed by atoms with Crippen LogP contribution in [-0.2, 0) is 0 Å². The maximum atomic E-state index is 9.38. The van der Waals surface area contributed by atoms with Gasteiger partial charge in [-0.1, -0.05) is 25.7 Å². The van der Waals surface area contributed by atoms with E-state index in [0.717, 1.165) is 22.8 Å². The first kappa shape index (κ1) is 16.9. The molecule has 1 aromatic carbocycles. The average molecular weight is 358 g/mol. The summed E-state index contributed by atoms with van der Waals surface area (Å²) in [5, 5.41) is 9.38. The Labute approximate surface area is 154 Å². The van der Waals surface area contributed by atoms with Gasteiger partial charge in [0.1, 0.15) is 5.75 Å². The summed E-state index contributed by atoms with van der Waals surface area (Å²) in [5.74, 6) is 1.75.